The molecule has 0 aromatic rings. The lowest BCUT2D eigenvalue weighted by Crippen LogP contribution is -2.38. The molecule has 1 unspecified atom stereocenters. The van der Waals surface area contributed by atoms with Gasteiger partial charge in [0.1, 0.15) is 0 Å². The summed E-state index contributed by atoms with van der Waals surface area (Å²) in [7, 11) is 1.60. The van der Waals surface area contributed by atoms with Crippen LogP contribution in [0.2, 0.25) is 0 Å². The van der Waals surface area contributed by atoms with E-state index in [1.165, 1.54) is 0 Å². The number of amides is 1. The van der Waals surface area contributed by atoms with Crippen LogP contribution in [-0.4, -0.2) is 55.9 Å². The summed E-state index contributed by atoms with van der Waals surface area (Å²) in [5.74, 6) is 0.815. The van der Waals surface area contributed by atoms with Gasteiger partial charge in [0, 0.05) is 26.6 Å². The first-order chi connectivity index (χ1) is 8.54. The maximum atomic E-state index is 12.1. The van der Waals surface area contributed by atoms with E-state index in [1.807, 2.05) is 0 Å². The monoisotopic (exact) mass is 260 g/mol. The molecule has 0 saturated carbocycles. The Morgan fingerprint density at radius 2 is 2.06 bits per heavy atom. The lowest BCUT2D eigenvalue weighted by Gasteiger charge is -2.24. The molecule has 0 aliphatic rings. The normalized spacial score (nSPS) is 12.8. The molecular weight excluding hydrogens is 232 g/mol. The SMILES string of the molecule is COCCN(CCO)C(=O)CC(CN)CC(C)C. The van der Waals surface area contributed by atoms with Gasteiger partial charge in [-0.25, -0.2) is 0 Å². The van der Waals surface area contributed by atoms with Gasteiger partial charge >= 0.3 is 0 Å². The van der Waals surface area contributed by atoms with Gasteiger partial charge in [0.2, 0.25) is 5.91 Å². The summed E-state index contributed by atoms with van der Waals surface area (Å²) in [5.41, 5.74) is 5.70. The van der Waals surface area contributed by atoms with Crippen molar-refractivity contribution >= 4 is 5.91 Å². The molecule has 108 valence electrons. The first kappa shape index (κ1) is 17.4. The largest absolute Gasteiger partial charge is 0.395 e. The molecule has 0 radical (unpaired) electrons. The van der Waals surface area contributed by atoms with Gasteiger partial charge in [0.25, 0.3) is 0 Å². The third-order valence-corrected chi connectivity index (χ3v) is 2.89. The third kappa shape index (κ3) is 7.63. The fraction of sp³-hybridized carbons (Fsp3) is 0.923. The van der Waals surface area contributed by atoms with Crippen LogP contribution >= 0.6 is 0 Å². The molecule has 1 amide bonds. The number of carbonyl (C=O) groups excluding carboxylic acids is 1. The lowest BCUT2D eigenvalue weighted by molar-refractivity contribution is -0.133. The number of nitrogens with zero attached hydrogens (tertiary/aromatic N) is 1. The van der Waals surface area contributed by atoms with Crippen molar-refractivity contribution in [3.8, 4) is 0 Å². The third-order valence-electron chi connectivity index (χ3n) is 2.89. The molecule has 5 heteroatoms. The molecule has 1 atom stereocenters. The molecule has 0 fully saturated rings. The first-order valence-electron chi connectivity index (χ1n) is 6.62. The van der Waals surface area contributed by atoms with Gasteiger partial charge in [-0.2, -0.15) is 0 Å². The minimum Gasteiger partial charge on any atom is -0.395 e. The van der Waals surface area contributed by atoms with Gasteiger partial charge in [-0.05, 0) is 24.8 Å². The van der Waals surface area contributed by atoms with Crippen molar-refractivity contribution in [3.63, 3.8) is 0 Å². The van der Waals surface area contributed by atoms with Gasteiger partial charge in [-0.1, -0.05) is 13.8 Å². The molecular formula is C13H28N2O3. The number of hydrogen-bond donors (Lipinski definition) is 2. The average molecular weight is 260 g/mol. The second kappa shape index (κ2) is 10.3. The van der Waals surface area contributed by atoms with Gasteiger partial charge < -0.3 is 20.5 Å². The van der Waals surface area contributed by atoms with Crippen LogP contribution in [-0.2, 0) is 9.53 Å². The van der Waals surface area contributed by atoms with E-state index in [1.54, 1.807) is 12.0 Å². The molecule has 3 N–H and O–H groups in total. The van der Waals surface area contributed by atoms with Crippen molar-refractivity contribution in [1.82, 2.24) is 4.90 Å². The predicted octanol–water partition coefficient (Wildman–Crippen LogP) is 0.465. The van der Waals surface area contributed by atoms with E-state index in [9.17, 15) is 4.79 Å². The molecule has 0 spiro atoms. The van der Waals surface area contributed by atoms with E-state index in [2.05, 4.69) is 13.8 Å². The van der Waals surface area contributed by atoms with Crippen LogP contribution in [0.25, 0.3) is 0 Å². The van der Waals surface area contributed by atoms with Crippen LogP contribution in [0.1, 0.15) is 26.7 Å². The Bertz CT molecular complexity index is 222. The number of rotatable bonds is 10. The highest BCUT2D eigenvalue weighted by Gasteiger charge is 2.18. The summed E-state index contributed by atoms with van der Waals surface area (Å²) in [6.07, 6.45) is 1.41. The molecule has 18 heavy (non-hydrogen) atoms. The molecule has 0 heterocycles. The van der Waals surface area contributed by atoms with Crippen LogP contribution in [0.5, 0.6) is 0 Å². The second-order valence-electron chi connectivity index (χ2n) is 5.03. The highest BCUT2D eigenvalue weighted by molar-refractivity contribution is 5.76. The van der Waals surface area contributed by atoms with Gasteiger partial charge in [-0.3, -0.25) is 4.79 Å². The van der Waals surface area contributed by atoms with Crippen LogP contribution in [0.4, 0.5) is 0 Å². The molecule has 0 saturated heterocycles. The van der Waals surface area contributed by atoms with Gasteiger partial charge in [0.05, 0.1) is 13.2 Å². The van der Waals surface area contributed by atoms with Gasteiger partial charge in [-0.15, -0.1) is 0 Å². The molecule has 0 bridgehead atoms. The fourth-order valence-electron chi connectivity index (χ4n) is 1.99. The number of hydrogen-bond acceptors (Lipinski definition) is 4. The van der Waals surface area contributed by atoms with E-state index < -0.39 is 0 Å². The number of aliphatic hydroxyl groups excluding tert-OH is 1. The summed E-state index contributed by atoms with van der Waals surface area (Å²) in [6.45, 7) is 6.14. The number of carbonyl (C=O) groups is 1. The Morgan fingerprint density at radius 3 is 2.50 bits per heavy atom. The number of methoxy groups -OCH3 is 1. The maximum Gasteiger partial charge on any atom is 0.223 e. The number of aliphatic hydroxyl groups is 1. The number of nitrogens with two attached hydrogens (primary N) is 1. The number of ether oxygens (including phenoxy) is 1. The smallest absolute Gasteiger partial charge is 0.223 e. The van der Waals surface area contributed by atoms with Gasteiger partial charge in [0.15, 0.2) is 0 Å². The molecule has 5 nitrogen and oxygen atoms in total. The van der Waals surface area contributed by atoms with Crippen LogP contribution in [0.15, 0.2) is 0 Å². The highest BCUT2D eigenvalue weighted by atomic mass is 16.5. The summed E-state index contributed by atoms with van der Waals surface area (Å²) in [5, 5.41) is 8.96. The summed E-state index contributed by atoms with van der Waals surface area (Å²) in [4.78, 5) is 13.7. The molecule has 0 aliphatic carbocycles. The minimum absolute atomic E-state index is 0.0209. The second-order valence-corrected chi connectivity index (χ2v) is 5.03. The van der Waals surface area contributed by atoms with E-state index in [-0.39, 0.29) is 18.4 Å². The zero-order valence-corrected chi connectivity index (χ0v) is 11.9. The van der Waals surface area contributed by atoms with Crippen molar-refractivity contribution in [3.05, 3.63) is 0 Å². The van der Waals surface area contributed by atoms with Crippen molar-refractivity contribution in [2.24, 2.45) is 17.6 Å². The molecule has 0 aromatic carbocycles. The molecule has 0 rings (SSSR count). The Hall–Kier alpha value is -0.650. The predicted molar refractivity (Wildman–Crippen MR) is 72.2 cm³/mol. The summed E-state index contributed by atoms with van der Waals surface area (Å²) in [6, 6.07) is 0. The average Bonchev–Trinajstić information content (AvgIpc) is 2.32. The highest BCUT2D eigenvalue weighted by Crippen LogP contribution is 2.15. The van der Waals surface area contributed by atoms with Crippen molar-refractivity contribution in [1.29, 1.82) is 0 Å². The van der Waals surface area contributed by atoms with Crippen LogP contribution in [0, 0.1) is 11.8 Å². The Morgan fingerprint density at radius 1 is 1.39 bits per heavy atom. The lowest BCUT2D eigenvalue weighted by atomic mass is 9.94. The van der Waals surface area contributed by atoms with E-state index >= 15 is 0 Å². The van der Waals surface area contributed by atoms with Crippen molar-refractivity contribution in [2.75, 3.05) is 40.0 Å². The Labute approximate surface area is 110 Å². The maximum absolute atomic E-state index is 12.1. The van der Waals surface area contributed by atoms with Crippen LogP contribution < -0.4 is 5.73 Å². The summed E-state index contributed by atoms with van der Waals surface area (Å²) >= 11 is 0. The van der Waals surface area contributed by atoms with E-state index in [0.29, 0.717) is 38.6 Å². The zero-order chi connectivity index (χ0) is 14.0. The summed E-state index contributed by atoms with van der Waals surface area (Å²) < 4.78 is 4.96. The van der Waals surface area contributed by atoms with E-state index in [4.69, 9.17) is 15.6 Å². The van der Waals surface area contributed by atoms with Crippen LogP contribution in [0.3, 0.4) is 0 Å². The quantitative estimate of drug-likeness (QED) is 0.598. The van der Waals surface area contributed by atoms with E-state index in [0.717, 1.165) is 6.42 Å². The zero-order valence-electron chi connectivity index (χ0n) is 11.9. The minimum atomic E-state index is -0.0209. The topological polar surface area (TPSA) is 75.8 Å². The Kier molecular flexibility index (Phi) is 9.92. The molecule has 0 aromatic heterocycles. The Balaban J connectivity index is 4.27. The molecule has 0 aliphatic heterocycles. The first-order valence-corrected chi connectivity index (χ1v) is 6.62. The van der Waals surface area contributed by atoms with Crippen molar-refractivity contribution < 1.29 is 14.6 Å². The fourth-order valence-corrected chi connectivity index (χ4v) is 1.99. The standard InChI is InChI=1S/C13H28N2O3/c1-11(2)8-12(10-14)9-13(17)15(4-6-16)5-7-18-3/h11-12,16H,4-10,14H2,1-3H3. The van der Waals surface area contributed by atoms with Crippen molar-refractivity contribution in [2.45, 2.75) is 26.7 Å².